The van der Waals surface area contributed by atoms with E-state index < -0.39 is 10.0 Å². The molecule has 3 rings (SSSR count). The van der Waals surface area contributed by atoms with Gasteiger partial charge in [-0.2, -0.15) is 4.31 Å². The van der Waals surface area contributed by atoms with E-state index in [2.05, 4.69) is 5.32 Å². The Morgan fingerprint density at radius 2 is 1.75 bits per heavy atom. The number of rotatable bonds is 6. The summed E-state index contributed by atoms with van der Waals surface area (Å²) in [7, 11) is -3.35. The van der Waals surface area contributed by atoms with Crippen LogP contribution in [-0.2, 0) is 10.0 Å². The first-order chi connectivity index (χ1) is 13.5. The maximum atomic E-state index is 13.4. The van der Waals surface area contributed by atoms with Crippen LogP contribution in [0, 0.1) is 6.92 Å². The van der Waals surface area contributed by atoms with Crippen LogP contribution in [0.1, 0.15) is 54.4 Å². The van der Waals surface area contributed by atoms with Gasteiger partial charge in [-0.1, -0.05) is 43.9 Å². The van der Waals surface area contributed by atoms with Crippen molar-refractivity contribution in [1.82, 2.24) is 14.5 Å². The van der Waals surface area contributed by atoms with Crippen LogP contribution >= 0.6 is 0 Å². The summed E-state index contributed by atoms with van der Waals surface area (Å²) >= 11 is 0. The molecule has 0 bridgehead atoms. The Hall–Kier alpha value is -1.44. The van der Waals surface area contributed by atoms with Gasteiger partial charge in [-0.3, -0.25) is 4.79 Å². The number of nitrogens with one attached hydrogen (secondary N) is 1. The first kappa shape index (κ1) is 21.3. The lowest BCUT2D eigenvalue weighted by Gasteiger charge is -2.33. The van der Waals surface area contributed by atoms with Crippen molar-refractivity contribution in [1.29, 1.82) is 0 Å². The Kier molecular flexibility index (Phi) is 7.48. The number of sulfonamides is 1. The molecule has 1 aliphatic carbocycles. The van der Waals surface area contributed by atoms with Crippen LogP contribution in [0.5, 0.6) is 0 Å². The predicted octanol–water partition coefficient (Wildman–Crippen LogP) is 2.40. The van der Waals surface area contributed by atoms with Gasteiger partial charge in [0.1, 0.15) is 0 Å². The molecule has 0 spiro atoms. The zero-order valence-corrected chi connectivity index (χ0v) is 17.7. The highest BCUT2D eigenvalue weighted by atomic mass is 32.2. The van der Waals surface area contributed by atoms with Gasteiger partial charge in [0.25, 0.3) is 5.91 Å². The topological polar surface area (TPSA) is 69.7 Å². The lowest BCUT2D eigenvalue weighted by molar-refractivity contribution is 0.0673. The van der Waals surface area contributed by atoms with Gasteiger partial charge in [0.05, 0.1) is 5.75 Å². The molecule has 1 aliphatic heterocycles. The largest absolute Gasteiger partial charge is 0.335 e. The van der Waals surface area contributed by atoms with Crippen molar-refractivity contribution in [2.45, 2.75) is 51.5 Å². The van der Waals surface area contributed by atoms with Crippen molar-refractivity contribution in [3.8, 4) is 0 Å². The highest BCUT2D eigenvalue weighted by Crippen LogP contribution is 2.24. The van der Waals surface area contributed by atoms with E-state index in [0.29, 0.717) is 31.7 Å². The molecule has 0 unspecified atom stereocenters. The molecule has 1 saturated heterocycles. The smallest absolute Gasteiger partial charge is 0.254 e. The molecule has 2 fully saturated rings. The van der Waals surface area contributed by atoms with Gasteiger partial charge in [-0.25, -0.2) is 8.42 Å². The average molecular weight is 408 g/mol. The number of hydrogen-bond donors (Lipinski definition) is 1. The molecule has 156 valence electrons. The van der Waals surface area contributed by atoms with E-state index in [0.717, 1.165) is 31.2 Å². The van der Waals surface area contributed by atoms with Crippen molar-refractivity contribution >= 4 is 15.9 Å². The number of aryl methyl sites for hydroxylation is 1. The SMILES string of the molecule is Cc1ccccc1C(=O)N(CCS(=O)(=O)N1CCNCC1)C1CCCCCC1. The molecule has 0 atom stereocenters. The third kappa shape index (κ3) is 5.33. The summed E-state index contributed by atoms with van der Waals surface area (Å²) in [6.07, 6.45) is 6.53. The molecule has 2 aliphatic rings. The number of hydrogen-bond acceptors (Lipinski definition) is 4. The summed E-state index contributed by atoms with van der Waals surface area (Å²) in [6.45, 7) is 4.61. The number of carbonyl (C=O) groups excluding carboxylic acids is 1. The third-order valence-electron chi connectivity index (χ3n) is 5.96. The predicted molar refractivity (Wildman–Crippen MR) is 112 cm³/mol. The summed E-state index contributed by atoms with van der Waals surface area (Å²) in [5, 5.41) is 3.19. The molecule has 28 heavy (non-hydrogen) atoms. The number of nitrogens with zero attached hydrogens (tertiary/aromatic N) is 2. The zero-order chi connectivity index (χ0) is 20.0. The Balaban J connectivity index is 1.77. The van der Waals surface area contributed by atoms with Gasteiger partial charge in [0, 0.05) is 44.3 Å². The monoisotopic (exact) mass is 407 g/mol. The maximum Gasteiger partial charge on any atom is 0.254 e. The van der Waals surface area contributed by atoms with E-state index in [-0.39, 0.29) is 24.2 Å². The van der Waals surface area contributed by atoms with Crippen LogP contribution in [0.4, 0.5) is 0 Å². The van der Waals surface area contributed by atoms with Crippen LogP contribution in [0.3, 0.4) is 0 Å². The fourth-order valence-corrected chi connectivity index (χ4v) is 5.68. The van der Waals surface area contributed by atoms with Crippen LogP contribution in [0.25, 0.3) is 0 Å². The van der Waals surface area contributed by atoms with E-state index in [1.807, 2.05) is 36.1 Å². The van der Waals surface area contributed by atoms with Crippen LogP contribution in [-0.4, -0.2) is 68.0 Å². The molecule has 1 N–H and O–H groups in total. The third-order valence-corrected chi connectivity index (χ3v) is 7.81. The summed E-state index contributed by atoms with van der Waals surface area (Å²) in [5.74, 6) is -0.0262. The molecule has 6 nitrogen and oxygen atoms in total. The highest BCUT2D eigenvalue weighted by molar-refractivity contribution is 7.89. The quantitative estimate of drug-likeness (QED) is 0.735. The van der Waals surface area contributed by atoms with Gasteiger partial charge >= 0.3 is 0 Å². The van der Waals surface area contributed by atoms with Crippen LogP contribution in [0.2, 0.25) is 0 Å². The standard InChI is InChI=1S/C21H33N3O3S/c1-18-8-6-7-11-20(18)21(25)24(19-9-4-2-3-5-10-19)16-17-28(26,27)23-14-12-22-13-15-23/h6-8,11,19,22H,2-5,9-10,12-17H2,1H3. The molecule has 7 heteroatoms. The Morgan fingerprint density at radius 1 is 1.11 bits per heavy atom. The second-order valence-corrected chi connectivity index (χ2v) is 10.0. The minimum atomic E-state index is -3.35. The van der Waals surface area contributed by atoms with E-state index in [1.165, 1.54) is 12.8 Å². The molecule has 1 aromatic carbocycles. The summed E-state index contributed by atoms with van der Waals surface area (Å²) in [5.41, 5.74) is 1.63. The van der Waals surface area contributed by atoms with Crippen molar-refractivity contribution in [3.63, 3.8) is 0 Å². The molecule has 0 aromatic heterocycles. The fraction of sp³-hybridized carbons (Fsp3) is 0.667. The molecule has 1 saturated carbocycles. The van der Waals surface area contributed by atoms with Gasteiger partial charge in [0.15, 0.2) is 0 Å². The van der Waals surface area contributed by atoms with E-state index in [1.54, 1.807) is 4.31 Å². The number of amides is 1. The van der Waals surface area contributed by atoms with Crippen molar-refractivity contribution in [3.05, 3.63) is 35.4 Å². The van der Waals surface area contributed by atoms with Crippen molar-refractivity contribution < 1.29 is 13.2 Å². The van der Waals surface area contributed by atoms with Gasteiger partial charge in [-0.15, -0.1) is 0 Å². The lowest BCUT2D eigenvalue weighted by atomic mass is 10.0. The van der Waals surface area contributed by atoms with E-state index in [4.69, 9.17) is 0 Å². The molecular formula is C21H33N3O3S. The van der Waals surface area contributed by atoms with Gasteiger partial charge in [-0.05, 0) is 31.4 Å². The average Bonchev–Trinajstić information content (AvgIpc) is 2.98. The maximum absolute atomic E-state index is 13.4. The Labute approximate surface area is 169 Å². The Bertz CT molecular complexity index is 752. The first-order valence-electron chi connectivity index (χ1n) is 10.5. The second-order valence-electron chi connectivity index (χ2n) is 7.92. The molecule has 1 heterocycles. The van der Waals surface area contributed by atoms with Gasteiger partial charge in [0.2, 0.25) is 10.0 Å². The van der Waals surface area contributed by atoms with Crippen LogP contribution in [0.15, 0.2) is 24.3 Å². The van der Waals surface area contributed by atoms with Gasteiger partial charge < -0.3 is 10.2 Å². The number of carbonyl (C=O) groups is 1. The summed E-state index contributed by atoms with van der Waals surface area (Å²) in [4.78, 5) is 15.2. The normalized spacial score (nSPS) is 19.9. The summed E-state index contributed by atoms with van der Waals surface area (Å²) in [6, 6.07) is 7.73. The number of benzene rings is 1. The minimum absolute atomic E-state index is 0.00111. The highest BCUT2D eigenvalue weighted by Gasteiger charge is 2.30. The molecule has 1 amide bonds. The van der Waals surface area contributed by atoms with E-state index in [9.17, 15) is 13.2 Å². The zero-order valence-electron chi connectivity index (χ0n) is 16.9. The lowest BCUT2D eigenvalue weighted by Crippen LogP contribution is -2.49. The molecule has 0 radical (unpaired) electrons. The van der Waals surface area contributed by atoms with Crippen molar-refractivity contribution in [2.24, 2.45) is 0 Å². The van der Waals surface area contributed by atoms with Crippen LogP contribution < -0.4 is 5.32 Å². The summed E-state index contributed by atoms with van der Waals surface area (Å²) < 4.78 is 27.2. The minimum Gasteiger partial charge on any atom is -0.335 e. The second kappa shape index (κ2) is 9.85. The Morgan fingerprint density at radius 3 is 2.39 bits per heavy atom. The molecular weight excluding hydrogens is 374 g/mol. The molecule has 1 aromatic rings. The van der Waals surface area contributed by atoms with Crippen molar-refractivity contribution in [2.75, 3.05) is 38.5 Å². The fourth-order valence-electron chi connectivity index (χ4n) is 4.25. The first-order valence-corrected chi connectivity index (χ1v) is 12.1. The van der Waals surface area contributed by atoms with E-state index >= 15 is 0 Å². The number of piperazine rings is 1.